The van der Waals surface area contributed by atoms with Crippen molar-refractivity contribution in [1.82, 2.24) is 5.32 Å². The smallest absolute Gasteiger partial charge is 0.220 e. The molecular weight excluding hydrogens is 234 g/mol. The molecule has 1 unspecified atom stereocenters. The van der Waals surface area contributed by atoms with E-state index in [1.165, 1.54) is 5.56 Å². The molecule has 1 amide bonds. The predicted molar refractivity (Wildman–Crippen MR) is 72.3 cm³/mol. The minimum atomic E-state index is 0.0885. The van der Waals surface area contributed by atoms with Crippen molar-refractivity contribution in [3.8, 4) is 0 Å². The average Bonchev–Trinajstić information content (AvgIpc) is 2.28. The molecule has 0 aliphatic carbocycles. The van der Waals surface area contributed by atoms with Crippen LogP contribution in [0.2, 0.25) is 5.02 Å². The number of carbonyl (C=O) groups is 1. The highest BCUT2D eigenvalue weighted by molar-refractivity contribution is 6.30. The van der Waals surface area contributed by atoms with E-state index in [1.807, 2.05) is 24.3 Å². The van der Waals surface area contributed by atoms with Crippen LogP contribution in [-0.2, 0) is 4.79 Å². The minimum absolute atomic E-state index is 0.0885. The summed E-state index contributed by atoms with van der Waals surface area (Å²) in [4.78, 5) is 11.5. The fourth-order valence-electron chi connectivity index (χ4n) is 1.97. The standard InChI is InChI=1S/C14H20ClNO/c1-10(2)8-12(9-14(17)16-3)11-4-6-13(15)7-5-11/h4-7,10,12H,8-9H2,1-3H3,(H,16,17). The highest BCUT2D eigenvalue weighted by Gasteiger charge is 2.16. The van der Waals surface area contributed by atoms with Gasteiger partial charge in [0.15, 0.2) is 0 Å². The van der Waals surface area contributed by atoms with Crippen LogP contribution >= 0.6 is 11.6 Å². The first-order valence-electron chi connectivity index (χ1n) is 5.99. The Bertz CT molecular complexity index is 359. The highest BCUT2D eigenvalue weighted by Crippen LogP contribution is 2.28. The summed E-state index contributed by atoms with van der Waals surface area (Å²) in [5, 5.41) is 3.42. The second kappa shape index (κ2) is 6.65. The van der Waals surface area contributed by atoms with Crippen LogP contribution in [0.15, 0.2) is 24.3 Å². The zero-order chi connectivity index (χ0) is 12.8. The van der Waals surface area contributed by atoms with Gasteiger partial charge in [0.25, 0.3) is 0 Å². The average molecular weight is 254 g/mol. The Balaban J connectivity index is 2.81. The van der Waals surface area contributed by atoms with Crippen LogP contribution in [0.5, 0.6) is 0 Å². The van der Waals surface area contributed by atoms with Gasteiger partial charge in [0.2, 0.25) is 5.91 Å². The van der Waals surface area contributed by atoms with E-state index < -0.39 is 0 Å². The van der Waals surface area contributed by atoms with E-state index in [0.29, 0.717) is 12.3 Å². The number of hydrogen-bond donors (Lipinski definition) is 1. The molecule has 0 spiro atoms. The van der Waals surface area contributed by atoms with Crippen molar-refractivity contribution in [2.24, 2.45) is 5.92 Å². The van der Waals surface area contributed by atoms with Crippen LogP contribution in [-0.4, -0.2) is 13.0 Å². The van der Waals surface area contributed by atoms with Crippen molar-refractivity contribution in [1.29, 1.82) is 0 Å². The second-order valence-corrected chi connectivity index (χ2v) is 5.19. The van der Waals surface area contributed by atoms with Crippen molar-refractivity contribution >= 4 is 17.5 Å². The molecule has 2 nitrogen and oxygen atoms in total. The summed E-state index contributed by atoms with van der Waals surface area (Å²) in [5.41, 5.74) is 1.19. The van der Waals surface area contributed by atoms with Gasteiger partial charge in [-0.3, -0.25) is 4.79 Å². The Morgan fingerprint density at radius 1 is 1.29 bits per heavy atom. The lowest BCUT2D eigenvalue weighted by Crippen LogP contribution is -2.21. The zero-order valence-electron chi connectivity index (χ0n) is 10.7. The van der Waals surface area contributed by atoms with Crippen molar-refractivity contribution in [2.75, 3.05) is 7.05 Å². The van der Waals surface area contributed by atoms with Gasteiger partial charge < -0.3 is 5.32 Å². The van der Waals surface area contributed by atoms with Gasteiger partial charge in [-0.15, -0.1) is 0 Å². The summed E-state index contributed by atoms with van der Waals surface area (Å²) in [6.45, 7) is 4.35. The van der Waals surface area contributed by atoms with E-state index in [2.05, 4.69) is 19.2 Å². The summed E-state index contributed by atoms with van der Waals surface area (Å²) < 4.78 is 0. The Kier molecular flexibility index (Phi) is 5.49. The van der Waals surface area contributed by atoms with E-state index in [-0.39, 0.29) is 11.8 Å². The number of amides is 1. The van der Waals surface area contributed by atoms with Crippen LogP contribution in [0.4, 0.5) is 0 Å². The maximum atomic E-state index is 11.5. The van der Waals surface area contributed by atoms with Gasteiger partial charge in [-0.05, 0) is 36.0 Å². The molecule has 0 aliphatic rings. The van der Waals surface area contributed by atoms with E-state index >= 15 is 0 Å². The molecule has 0 heterocycles. The van der Waals surface area contributed by atoms with E-state index in [0.717, 1.165) is 11.4 Å². The van der Waals surface area contributed by atoms with Gasteiger partial charge in [-0.2, -0.15) is 0 Å². The molecule has 1 rings (SSSR count). The molecule has 3 heteroatoms. The van der Waals surface area contributed by atoms with E-state index in [4.69, 9.17) is 11.6 Å². The SMILES string of the molecule is CNC(=O)CC(CC(C)C)c1ccc(Cl)cc1. The van der Waals surface area contributed by atoms with Gasteiger partial charge in [0.05, 0.1) is 0 Å². The maximum absolute atomic E-state index is 11.5. The van der Waals surface area contributed by atoms with Gasteiger partial charge in [-0.25, -0.2) is 0 Å². The summed E-state index contributed by atoms with van der Waals surface area (Å²) in [5.74, 6) is 0.929. The van der Waals surface area contributed by atoms with Gasteiger partial charge in [0, 0.05) is 18.5 Å². The van der Waals surface area contributed by atoms with Crippen LogP contribution in [0.1, 0.15) is 38.2 Å². The number of hydrogen-bond acceptors (Lipinski definition) is 1. The number of halogens is 1. The first-order chi connectivity index (χ1) is 8.02. The largest absolute Gasteiger partial charge is 0.359 e. The Labute approximate surface area is 108 Å². The Morgan fingerprint density at radius 3 is 2.35 bits per heavy atom. The quantitative estimate of drug-likeness (QED) is 0.854. The molecule has 1 aromatic carbocycles. The van der Waals surface area contributed by atoms with Crippen LogP contribution < -0.4 is 5.32 Å². The number of benzene rings is 1. The Hall–Kier alpha value is -1.02. The number of carbonyl (C=O) groups excluding carboxylic acids is 1. The molecule has 0 radical (unpaired) electrons. The lowest BCUT2D eigenvalue weighted by Gasteiger charge is -2.18. The third-order valence-electron chi connectivity index (χ3n) is 2.81. The van der Waals surface area contributed by atoms with Crippen molar-refractivity contribution in [3.63, 3.8) is 0 Å². The third-order valence-corrected chi connectivity index (χ3v) is 3.06. The fraction of sp³-hybridized carbons (Fsp3) is 0.500. The molecule has 0 fully saturated rings. The fourth-order valence-corrected chi connectivity index (χ4v) is 2.09. The summed E-state index contributed by atoms with van der Waals surface area (Å²) >= 11 is 5.88. The molecule has 17 heavy (non-hydrogen) atoms. The van der Waals surface area contributed by atoms with Gasteiger partial charge in [0.1, 0.15) is 0 Å². The molecule has 0 bridgehead atoms. The van der Waals surface area contributed by atoms with Crippen molar-refractivity contribution in [2.45, 2.75) is 32.6 Å². The van der Waals surface area contributed by atoms with E-state index in [9.17, 15) is 4.79 Å². The highest BCUT2D eigenvalue weighted by atomic mass is 35.5. The molecule has 94 valence electrons. The number of rotatable bonds is 5. The summed E-state index contributed by atoms with van der Waals surface area (Å²) in [6.07, 6.45) is 1.55. The lowest BCUT2D eigenvalue weighted by molar-refractivity contribution is -0.121. The van der Waals surface area contributed by atoms with Gasteiger partial charge in [-0.1, -0.05) is 37.6 Å². The second-order valence-electron chi connectivity index (χ2n) is 4.76. The van der Waals surface area contributed by atoms with Crippen molar-refractivity contribution < 1.29 is 4.79 Å². The molecule has 0 saturated carbocycles. The molecule has 1 N–H and O–H groups in total. The predicted octanol–water partition coefficient (Wildman–Crippen LogP) is 3.61. The minimum Gasteiger partial charge on any atom is -0.359 e. The molecule has 0 saturated heterocycles. The van der Waals surface area contributed by atoms with Crippen LogP contribution in [0, 0.1) is 5.92 Å². The van der Waals surface area contributed by atoms with Crippen molar-refractivity contribution in [3.05, 3.63) is 34.9 Å². The van der Waals surface area contributed by atoms with E-state index in [1.54, 1.807) is 7.05 Å². The molecule has 1 aromatic rings. The Morgan fingerprint density at radius 2 is 1.88 bits per heavy atom. The lowest BCUT2D eigenvalue weighted by atomic mass is 9.87. The normalized spacial score (nSPS) is 12.5. The maximum Gasteiger partial charge on any atom is 0.220 e. The van der Waals surface area contributed by atoms with Crippen LogP contribution in [0.25, 0.3) is 0 Å². The topological polar surface area (TPSA) is 29.1 Å². The number of nitrogens with one attached hydrogen (secondary N) is 1. The third kappa shape index (κ3) is 4.78. The van der Waals surface area contributed by atoms with Crippen LogP contribution in [0.3, 0.4) is 0 Å². The monoisotopic (exact) mass is 253 g/mol. The molecule has 1 atom stereocenters. The molecule has 0 aromatic heterocycles. The zero-order valence-corrected chi connectivity index (χ0v) is 11.4. The summed E-state index contributed by atoms with van der Waals surface area (Å²) in [7, 11) is 1.68. The molecule has 0 aliphatic heterocycles. The summed E-state index contributed by atoms with van der Waals surface area (Å²) in [6, 6.07) is 7.79. The van der Waals surface area contributed by atoms with Gasteiger partial charge >= 0.3 is 0 Å². The molecular formula is C14H20ClNO. The first kappa shape index (κ1) is 14.0. The first-order valence-corrected chi connectivity index (χ1v) is 6.36.